The number of phenols is 2. The number of aliphatic hydroxyl groups is 7. The van der Waals surface area contributed by atoms with E-state index in [9.17, 15) is 50.8 Å². The fraction of sp³-hybridized carbons (Fsp3) is 0.519. The van der Waals surface area contributed by atoms with Gasteiger partial charge in [-0.2, -0.15) is 0 Å². The number of rotatable bonds is 8. The number of benzene rings is 2. The quantitative estimate of drug-likeness (QED) is 0.116. The molecule has 9 N–H and O–H groups in total. The van der Waals surface area contributed by atoms with Crippen LogP contribution >= 0.6 is 0 Å². The lowest BCUT2D eigenvalue weighted by Gasteiger charge is -2.45. The first-order valence-electron chi connectivity index (χ1n) is 13.3. The first kappa shape index (κ1) is 31.9. The Morgan fingerprint density at radius 1 is 0.727 bits per heavy atom. The number of methoxy groups -OCH3 is 2. The minimum absolute atomic E-state index is 0.0788. The second kappa shape index (κ2) is 12.5. The highest BCUT2D eigenvalue weighted by Gasteiger charge is 2.51. The summed E-state index contributed by atoms with van der Waals surface area (Å²) in [4.78, 5) is 13.7. The Morgan fingerprint density at radius 2 is 1.39 bits per heavy atom. The number of phenolic OH excluding ortho intramolecular Hbond substituents is 2. The number of fused-ring (bicyclic) bond motifs is 2. The van der Waals surface area contributed by atoms with Crippen molar-refractivity contribution >= 4 is 21.9 Å². The van der Waals surface area contributed by atoms with E-state index >= 15 is 0 Å². The van der Waals surface area contributed by atoms with Gasteiger partial charge in [0, 0.05) is 6.07 Å². The summed E-state index contributed by atoms with van der Waals surface area (Å²) < 4.78 is 38.5. The molecule has 44 heavy (non-hydrogen) atoms. The molecule has 242 valence electrons. The zero-order chi connectivity index (χ0) is 32.0. The molecule has 3 heterocycles. The van der Waals surface area contributed by atoms with Crippen LogP contribution in [-0.2, 0) is 14.2 Å². The molecule has 0 unspecified atom stereocenters. The van der Waals surface area contributed by atoms with E-state index in [1.807, 2.05) is 0 Å². The summed E-state index contributed by atoms with van der Waals surface area (Å²) in [6, 6.07) is 3.51. The normalized spacial score (nSPS) is 32.6. The van der Waals surface area contributed by atoms with Crippen molar-refractivity contribution in [1.82, 2.24) is 0 Å². The van der Waals surface area contributed by atoms with E-state index in [-0.39, 0.29) is 33.4 Å². The highest BCUT2D eigenvalue weighted by molar-refractivity contribution is 6.01. The molecule has 0 amide bonds. The highest BCUT2D eigenvalue weighted by atomic mass is 16.7. The van der Waals surface area contributed by atoms with Crippen LogP contribution in [0.2, 0.25) is 0 Å². The van der Waals surface area contributed by atoms with Crippen molar-refractivity contribution in [2.75, 3.05) is 27.4 Å². The third-order valence-electron chi connectivity index (χ3n) is 7.57. The Morgan fingerprint density at radius 3 is 2.02 bits per heavy atom. The lowest BCUT2D eigenvalue weighted by atomic mass is 9.97. The van der Waals surface area contributed by atoms with Gasteiger partial charge in [-0.3, -0.25) is 4.79 Å². The largest absolute Gasteiger partial charge is 0.507 e. The third-order valence-corrected chi connectivity index (χ3v) is 7.57. The zero-order valence-electron chi connectivity index (χ0n) is 23.2. The zero-order valence-corrected chi connectivity index (χ0v) is 23.2. The Labute approximate surface area is 247 Å². The second-order valence-corrected chi connectivity index (χ2v) is 10.2. The molecule has 10 atom stereocenters. The first-order chi connectivity index (χ1) is 21.0. The van der Waals surface area contributed by atoms with Gasteiger partial charge in [0.2, 0.25) is 17.5 Å². The molecule has 2 aromatic carbocycles. The van der Waals surface area contributed by atoms with Crippen LogP contribution < -0.4 is 19.6 Å². The second-order valence-electron chi connectivity index (χ2n) is 10.2. The average molecular weight is 629 g/mol. The van der Waals surface area contributed by atoms with Gasteiger partial charge < -0.3 is 78.8 Å². The minimum atomic E-state index is -1.96. The van der Waals surface area contributed by atoms with E-state index in [2.05, 4.69) is 0 Å². The number of hydrogen-bond acceptors (Lipinski definition) is 17. The summed E-state index contributed by atoms with van der Waals surface area (Å²) >= 11 is 0. The van der Waals surface area contributed by atoms with E-state index in [0.717, 1.165) is 6.07 Å². The van der Waals surface area contributed by atoms with Crippen molar-refractivity contribution < 1.29 is 78.8 Å². The molecule has 0 aliphatic carbocycles. The molecule has 17 nitrogen and oxygen atoms in total. The van der Waals surface area contributed by atoms with Crippen molar-refractivity contribution in [3.05, 3.63) is 28.4 Å². The van der Waals surface area contributed by atoms with Gasteiger partial charge in [-0.1, -0.05) is 0 Å². The lowest BCUT2D eigenvalue weighted by Crippen LogP contribution is -2.65. The maximum atomic E-state index is 13.7. The van der Waals surface area contributed by atoms with Gasteiger partial charge in [-0.15, -0.1) is 0 Å². The molecule has 2 aliphatic heterocycles. The monoisotopic (exact) mass is 628 g/mol. The Balaban J connectivity index is 1.50. The molecule has 2 aliphatic rings. The maximum absolute atomic E-state index is 13.7. The van der Waals surface area contributed by atoms with Crippen LogP contribution in [0.5, 0.6) is 28.7 Å². The topological polar surface area (TPSA) is 268 Å². The van der Waals surface area contributed by atoms with Crippen molar-refractivity contribution in [3.63, 3.8) is 0 Å². The van der Waals surface area contributed by atoms with Crippen LogP contribution in [0.1, 0.15) is 0 Å². The van der Waals surface area contributed by atoms with E-state index in [0.29, 0.717) is 0 Å². The number of aliphatic hydroxyl groups excluding tert-OH is 7. The fourth-order valence-electron chi connectivity index (χ4n) is 5.25. The Hall–Kier alpha value is -3.49. The molecule has 0 saturated carbocycles. The van der Waals surface area contributed by atoms with Crippen molar-refractivity contribution in [3.8, 4) is 28.7 Å². The van der Waals surface area contributed by atoms with Crippen LogP contribution in [0.15, 0.2) is 27.4 Å². The fourth-order valence-corrected chi connectivity index (χ4v) is 5.25. The maximum Gasteiger partial charge on any atom is 0.229 e. The SMILES string of the molecule is COc1ccc(O)c2c(=O)c3c(O[C@H]4O[C@@H](CO)[C@H](O[C@H]5O[C@@H](CO)[C@H](O)[C@H](O)[C@@H]5O)[C@H](O)[C@@H]4O)cc(O)c(OC)c3oc12. The molecule has 5 rings (SSSR count). The van der Waals surface area contributed by atoms with Gasteiger partial charge in [0.05, 0.1) is 27.4 Å². The standard InChI is InChI=1S/C27H32O17/c1-38-10-4-3-8(30)14-17(33)15-11(5-9(31)22(39-2)25(15)43-23(10)14)40-26-21(37)19(35)24(13(7-29)42-26)44-27-20(36)18(34)16(32)12(6-28)41-27/h3-5,12-13,16,18-21,24,26-32,34-37H,6-7H2,1-2H3/t12-,13-,16-,18-,19+,20-,21-,24-,26-,27+/m0/s1. The van der Waals surface area contributed by atoms with E-state index in [1.165, 1.54) is 26.4 Å². The van der Waals surface area contributed by atoms with Crippen molar-refractivity contribution in [2.45, 2.75) is 61.4 Å². The van der Waals surface area contributed by atoms with Gasteiger partial charge in [-0.25, -0.2) is 0 Å². The summed E-state index contributed by atoms with van der Waals surface area (Å²) in [6.45, 7) is -1.60. The predicted molar refractivity (Wildman–Crippen MR) is 143 cm³/mol. The minimum Gasteiger partial charge on any atom is -0.507 e. The van der Waals surface area contributed by atoms with Crippen LogP contribution in [0.25, 0.3) is 21.9 Å². The molecule has 0 bridgehead atoms. The summed E-state index contributed by atoms with van der Waals surface area (Å²) in [6.07, 6.45) is -17.2. The number of ether oxygens (including phenoxy) is 6. The molecule has 3 aromatic rings. The third kappa shape index (κ3) is 5.26. The summed E-state index contributed by atoms with van der Waals surface area (Å²) in [5, 5.41) is 92.1. The first-order valence-corrected chi connectivity index (χ1v) is 13.3. The van der Waals surface area contributed by atoms with E-state index in [4.69, 9.17) is 32.8 Å². The smallest absolute Gasteiger partial charge is 0.229 e. The van der Waals surface area contributed by atoms with Gasteiger partial charge >= 0.3 is 0 Å². The highest BCUT2D eigenvalue weighted by Crippen LogP contribution is 2.44. The van der Waals surface area contributed by atoms with Crippen LogP contribution in [-0.4, -0.2) is 135 Å². The lowest BCUT2D eigenvalue weighted by molar-refractivity contribution is -0.352. The van der Waals surface area contributed by atoms with Crippen LogP contribution in [0.3, 0.4) is 0 Å². The molecule has 0 spiro atoms. The van der Waals surface area contributed by atoms with Crippen molar-refractivity contribution in [1.29, 1.82) is 0 Å². The van der Waals surface area contributed by atoms with Crippen LogP contribution in [0, 0.1) is 0 Å². The molecule has 1 aromatic heterocycles. The average Bonchev–Trinajstić information content (AvgIpc) is 3.00. The number of aromatic hydroxyl groups is 2. The molecule has 0 radical (unpaired) electrons. The predicted octanol–water partition coefficient (Wildman–Crippen LogP) is -2.62. The summed E-state index contributed by atoms with van der Waals surface area (Å²) in [5.74, 6) is -1.66. The van der Waals surface area contributed by atoms with Crippen LogP contribution in [0.4, 0.5) is 0 Å². The van der Waals surface area contributed by atoms with E-state index < -0.39 is 97.3 Å². The number of hydrogen-bond donors (Lipinski definition) is 9. The molecule has 17 heteroatoms. The molecular formula is C27H32O17. The van der Waals surface area contributed by atoms with Gasteiger partial charge in [0.25, 0.3) is 0 Å². The summed E-state index contributed by atoms with van der Waals surface area (Å²) in [5.41, 5.74) is -1.34. The Kier molecular flexibility index (Phi) is 9.06. The molecular weight excluding hydrogens is 596 g/mol. The van der Waals surface area contributed by atoms with Gasteiger partial charge in [-0.05, 0) is 12.1 Å². The van der Waals surface area contributed by atoms with E-state index in [1.54, 1.807) is 0 Å². The molecule has 2 fully saturated rings. The van der Waals surface area contributed by atoms with Gasteiger partial charge in [0.15, 0.2) is 29.0 Å². The molecule has 2 saturated heterocycles. The summed E-state index contributed by atoms with van der Waals surface area (Å²) in [7, 11) is 2.51. The van der Waals surface area contributed by atoms with Gasteiger partial charge in [0.1, 0.15) is 71.1 Å². The Bertz CT molecular complexity index is 1550. The van der Waals surface area contributed by atoms with Crippen molar-refractivity contribution in [2.24, 2.45) is 0 Å².